The minimum Gasteiger partial charge on any atom is -0.456 e. The van der Waals surface area contributed by atoms with Crippen LogP contribution >= 0.6 is 0 Å². The maximum Gasteiger partial charge on any atom is 0.144 e. The van der Waals surface area contributed by atoms with Crippen molar-refractivity contribution in [3.05, 3.63) is 276 Å². The third-order valence-corrected chi connectivity index (χ3v) is 19.8. The Balaban J connectivity index is 0.844. The van der Waals surface area contributed by atoms with Gasteiger partial charge in [-0.15, -0.1) is 0 Å². The molecule has 0 radical (unpaired) electrons. The van der Waals surface area contributed by atoms with Crippen LogP contribution in [-0.4, -0.2) is 0 Å². The third kappa shape index (κ3) is 6.60. The number of benzene rings is 12. The predicted molar refractivity (Wildman–Crippen MR) is 356 cm³/mol. The van der Waals surface area contributed by atoms with Crippen molar-refractivity contribution in [2.24, 2.45) is 0 Å². The fraction of sp³-hybridized carbons (Fsp3) is 0.111. The topological polar surface area (TPSA) is 45.9 Å². The summed E-state index contributed by atoms with van der Waals surface area (Å²) in [5, 5.41) is 6.82. The largest absolute Gasteiger partial charge is 0.456 e. The number of hydrogen-bond donors (Lipinski definition) is 0. The number of nitrogens with zero attached hydrogens (tertiary/aromatic N) is 2. The Morgan fingerprint density at radius 1 is 0.267 bits per heavy atom. The van der Waals surface area contributed by atoms with E-state index in [4.69, 9.17) is 13.3 Å². The van der Waals surface area contributed by atoms with Crippen molar-refractivity contribution in [3.8, 4) is 44.5 Å². The van der Waals surface area contributed by atoms with Crippen LogP contribution in [0.15, 0.2) is 256 Å². The molecule has 0 unspecified atom stereocenters. The lowest BCUT2D eigenvalue weighted by molar-refractivity contribution is 0.600. The predicted octanol–water partition coefficient (Wildman–Crippen LogP) is 22.9. The number of rotatable bonds is 7. The highest BCUT2D eigenvalue weighted by Gasteiger charge is 2.49. The fourth-order valence-electron chi connectivity index (χ4n) is 15.8. The van der Waals surface area contributed by atoms with Crippen LogP contribution in [0.2, 0.25) is 0 Å². The molecule has 0 atom stereocenters. The lowest BCUT2D eigenvalue weighted by Gasteiger charge is -2.32. The van der Waals surface area contributed by atoms with E-state index in [2.05, 4.69) is 282 Å². The highest BCUT2D eigenvalue weighted by Crippen LogP contribution is 2.64. The number of para-hydroxylation sites is 5. The van der Waals surface area contributed by atoms with Gasteiger partial charge in [-0.2, -0.15) is 0 Å². The Labute approximate surface area is 498 Å². The quantitative estimate of drug-likeness (QED) is 0.159. The molecule has 0 saturated carbocycles. The first-order chi connectivity index (χ1) is 41.9. The molecule has 3 aliphatic carbocycles. The highest BCUT2D eigenvalue weighted by atomic mass is 16.3. The van der Waals surface area contributed by atoms with Crippen molar-refractivity contribution in [2.45, 2.75) is 57.8 Å². The Hall–Kier alpha value is -10.4. The van der Waals surface area contributed by atoms with Crippen molar-refractivity contribution >= 4 is 99.9 Å². The Morgan fingerprint density at radius 2 is 0.709 bits per heavy atom. The zero-order chi connectivity index (χ0) is 57.5. The van der Waals surface area contributed by atoms with E-state index >= 15 is 0 Å². The zero-order valence-corrected chi connectivity index (χ0v) is 48.7. The van der Waals surface area contributed by atoms with Crippen LogP contribution in [0.3, 0.4) is 0 Å². The minimum absolute atomic E-state index is 0.265. The van der Waals surface area contributed by atoms with Crippen LogP contribution in [-0.2, 0) is 16.2 Å². The Kier molecular flexibility index (Phi) is 9.92. The van der Waals surface area contributed by atoms with Gasteiger partial charge in [0, 0.05) is 93.8 Å². The van der Waals surface area contributed by atoms with Gasteiger partial charge in [-0.05, 0) is 176 Å². The lowest BCUT2D eigenvalue weighted by atomic mass is 9.72. The maximum absolute atomic E-state index is 7.07. The van der Waals surface area contributed by atoms with E-state index in [9.17, 15) is 0 Å². The summed E-state index contributed by atoms with van der Waals surface area (Å²) in [5.74, 6) is 0. The molecular weight excluding hydrogens is 1050 g/mol. The van der Waals surface area contributed by atoms with Gasteiger partial charge in [-0.3, -0.25) is 0 Å². The van der Waals surface area contributed by atoms with Gasteiger partial charge in [0.2, 0.25) is 0 Å². The zero-order valence-electron chi connectivity index (χ0n) is 48.7. The summed E-state index contributed by atoms with van der Waals surface area (Å²) in [5.41, 5.74) is 28.5. The molecule has 410 valence electrons. The van der Waals surface area contributed by atoms with E-state index in [0.29, 0.717) is 0 Å². The summed E-state index contributed by atoms with van der Waals surface area (Å²) in [6.07, 6.45) is 0. The SMILES string of the molecule is CC1(C)c2cc(N(c3ccc(N(c4ccccc4)c4ccccc4)cc3)c3ccc4c(c3)C(C)(C)c3c5c(c6oc7ccccc7c6c3-4)-c3ccccc3C5(C)C)ccc2-c2c1cc(-c1ccc3oc4ccccc4c3c1)c1oc3ccccc3c21. The number of fused-ring (bicyclic) bond motifs is 22. The van der Waals surface area contributed by atoms with Gasteiger partial charge in [-0.25, -0.2) is 0 Å². The van der Waals surface area contributed by atoms with Gasteiger partial charge in [0.25, 0.3) is 0 Å². The number of anilines is 6. The molecule has 0 amide bonds. The molecule has 5 heteroatoms. The number of furan rings is 3. The molecule has 0 N–H and O–H groups in total. The molecule has 15 aromatic rings. The van der Waals surface area contributed by atoms with Crippen LogP contribution in [0.25, 0.3) is 110 Å². The second kappa shape index (κ2) is 17.4. The van der Waals surface area contributed by atoms with Crippen molar-refractivity contribution in [2.75, 3.05) is 9.80 Å². The standard InChI is InChI=1S/C81H58N2O3/c1-79(2)63-44-52(38-40-56(63)70-65(79)46-60(77-72(70)58-27-15-19-31-67(58)85-77)47-33-42-69-61(43-47)54-25-14-18-30-66(54)84-69)83(51-36-34-50(35-37-51)82(48-21-9-7-10-22-48)49-23-11-8-12-24-49)53-39-41-57-64(45-53)81(5,6)75-71(57)73-59-28-16-20-32-68(59)86-78(73)74-55-26-13-17-29-62(55)80(3,4)76(74)75/h7-46H,1-6H3. The van der Waals surface area contributed by atoms with E-state index in [1.807, 2.05) is 12.1 Å². The molecule has 0 bridgehead atoms. The van der Waals surface area contributed by atoms with Crippen LogP contribution in [0.4, 0.5) is 34.1 Å². The average Bonchev–Trinajstić information content (AvgIpc) is 1.52. The van der Waals surface area contributed by atoms with Crippen molar-refractivity contribution in [1.29, 1.82) is 0 Å². The molecule has 3 aromatic heterocycles. The first kappa shape index (κ1) is 49.1. The van der Waals surface area contributed by atoms with Crippen LogP contribution in [0.1, 0.15) is 74.9 Å². The molecule has 3 heterocycles. The molecule has 5 nitrogen and oxygen atoms in total. The first-order valence-electron chi connectivity index (χ1n) is 30.1. The summed E-state index contributed by atoms with van der Waals surface area (Å²) in [6, 6.07) is 88.4. The second-order valence-corrected chi connectivity index (χ2v) is 25.5. The van der Waals surface area contributed by atoms with Gasteiger partial charge in [-0.1, -0.05) is 175 Å². The highest BCUT2D eigenvalue weighted by molar-refractivity contribution is 6.22. The minimum atomic E-state index is -0.402. The van der Waals surface area contributed by atoms with Gasteiger partial charge in [0.15, 0.2) is 0 Å². The van der Waals surface area contributed by atoms with Crippen LogP contribution in [0.5, 0.6) is 0 Å². The summed E-state index contributed by atoms with van der Waals surface area (Å²) in [6.45, 7) is 14.5. The average molecular weight is 1110 g/mol. The van der Waals surface area contributed by atoms with Crippen LogP contribution < -0.4 is 9.80 Å². The molecule has 0 spiro atoms. The van der Waals surface area contributed by atoms with Crippen LogP contribution in [0, 0.1) is 0 Å². The van der Waals surface area contributed by atoms with Gasteiger partial charge in [0.1, 0.15) is 33.5 Å². The normalized spacial score (nSPS) is 14.7. The molecule has 0 fully saturated rings. The third-order valence-electron chi connectivity index (χ3n) is 19.8. The smallest absolute Gasteiger partial charge is 0.144 e. The molecular formula is C81H58N2O3. The van der Waals surface area contributed by atoms with Gasteiger partial charge in [0.05, 0.1) is 0 Å². The molecule has 0 aliphatic heterocycles. The first-order valence-corrected chi connectivity index (χ1v) is 30.1. The lowest BCUT2D eigenvalue weighted by Crippen LogP contribution is -2.24. The summed E-state index contributed by atoms with van der Waals surface area (Å²) in [7, 11) is 0. The van der Waals surface area contributed by atoms with Crippen molar-refractivity contribution in [1.82, 2.24) is 0 Å². The Morgan fingerprint density at radius 3 is 1.35 bits per heavy atom. The monoisotopic (exact) mass is 1110 g/mol. The number of hydrogen-bond acceptors (Lipinski definition) is 5. The van der Waals surface area contributed by atoms with Crippen molar-refractivity contribution < 1.29 is 13.3 Å². The maximum atomic E-state index is 7.07. The second-order valence-electron chi connectivity index (χ2n) is 25.5. The molecule has 0 saturated heterocycles. The summed E-state index contributed by atoms with van der Waals surface area (Å²) < 4.78 is 20.4. The van der Waals surface area contributed by atoms with E-state index in [0.717, 1.165) is 106 Å². The van der Waals surface area contributed by atoms with E-state index in [1.165, 1.54) is 72.1 Å². The van der Waals surface area contributed by atoms with Gasteiger partial charge >= 0.3 is 0 Å². The molecule has 86 heavy (non-hydrogen) atoms. The summed E-state index contributed by atoms with van der Waals surface area (Å²) >= 11 is 0. The van der Waals surface area contributed by atoms with E-state index in [1.54, 1.807) is 0 Å². The molecule has 3 aliphatic rings. The van der Waals surface area contributed by atoms with E-state index < -0.39 is 5.41 Å². The Bertz CT molecular complexity index is 5340. The summed E-state index contributed by atoms with van der Waals surface area (Å²) in [4.78, 5) is 4.82. The fourth-order valence-corrected chi connectivity index (χ4v) is 15.8. The van der Waals surface area contributed by atoms with Crippen molar-refractivity contribution in [3.63, 3.8) is 0 Å². The molecule has 12 aromatic carbocycles. The van der Waals surface area contributed by atoms with Gasteiger partial charge < -0.3 is 23.1 Å². The molecule has 18 rings (SSSR count). The van der Waals surface area contributed by atoms with E-state index in [-0.39, 0.29) is 10.8 Å².